The van der Waals surface area contributed by atoms with Gasteiger partial charge in [0.1, 0.15) is 0 Å². The minimum Gasteiger partial charge on any atom is -0.326 e. The number of hydrogen-bond acceptors (Lipinski definition) is 3. The van der Waals surface area contributed by atoms with Crippen molar-refractivity contribution in [1.82, 2.24) is 4.31 Å². The second kappa shape index (κ2) is 4.76. The smallest absolute Gasteiger partial charge is 0.243 e. The summed E-state index contributed by atoms with van der Waals surface area (Å²) in [6.07, 6.45) is 3.06. The van der Waals surface area contributed by atoms with E-state index in [2.05, 4.69) is 0 Å². The molecule has 1 aliphatic carbocycles. The number of nitrogens with two attached hydrogens (primary N) is 1. The summed E-state index contributed by atoms with van der Waals surface area (Å²) in [6.45, 7) is 0.429. The first-order valence-corrected chi connectivity index (χ1v) is 7.27. The zero-order chi connectivity index (χ0) is 12.5. The van der Waals surface area contributed by atoms with Crippen molar-refractivity contribution in [2.24, 2.45) is 5.73 Å². The lowest BCUT2D eigenvalue weighted by Gasteiger charge is -2.33. The molecule has 0 radical (unpaired) electrons. The third kappa shape index (κ3) is 2.36. The largest absolute Gasteiger partial charge is 0.326 e. The van der Waals surface area contributed by atoms with Crippen LogP contribution in [0.15, 0.2) is 29.2 Å². The Morgan fingerprint density at radius 1 is 1.29 bits per heavy atom. The van der Waals surface area contributed by atoms with Gasteiger partial charge in [-0.25, -0.2) is 8.42 Å². The van der Waals surface area contributed by atoms with E-state index in [0.29, 0.717) is 11.4 Å². The maximum Gasteiger partial charge on any atom is 0.243 e. The molecule has 5 heteroatoms. The molecule has 0 saturated heterocycles. The maximum absolute atomic E-state index is 12.3. The van der Waals surface area contributed by atoms with Gasteiger partial charge < -0.3 is 5.73 Å². The summed E-state index contributed by atoms with van der Waals surface area (Å²) in [6, 6.07) is 6.97. The maximum atomic E-state index is 12.3. The van der Waals surface area contributed by atoms with Crippen molar-refractivity contribution in [2.45, 2.75) is 36.7 Å². The van der Waals surface area contributed by atoms with Crippen molar-refractivity contribution < 1.29 is 8.42 Å². The fourth-order valence-electron chi connectivity index (χ4n) is 1.91. The fourth-order valence-corrected chi connectivity index (χ4v) is 3.33. The zero-order valence-electron chi connectivity index (χ0n) is 9.96. The van der Waals surface area contributed by atoms with Crippen LogP contribution in [0.1, 0.15) is 24.8 Å². The lowest BCUT2D eigenvalue weighted by Crippen LogP contribution is -2.41. The molecule has 0 bridgehead atoms. The Bertz CT molecular complexity index is 478. The van der Waals surface area contributed by atoms with Gasteiger partial charge in [-0.05, 0) is 30.5 Å². The molecule has 0 spiro atoms. The highest BCUT2D eigenvalue weighted by atomic mass is 32.2. The van der Waals surface area contributed by atoms with E-state index in [4.69, 9.17) is 5.73 Å². The van der Waals surface area contributed by atoms with Gasteiger partial charge in [-0.1, -0.05) is 18.6 Å². The number of sulfonamides is 1. The summed E-state index contributed by atoms with van der Waals surface area (Å²) in [5.74, 6) is 0. The molecule has 2 rings (SSSR count). The van der Waals surface area contributed by atoms with Crippen LogP contribution in [0.2, 0.25) is 0 Å². The molecule has 1 saturated carbocycles. The van der Waals surface area contributed by atoms with Crippen LogP contribution in [-0.4, -0.2) is 25.8 Å². The third-order valence-corrected chi connectivity index (χ3v) is 5.35. The molecule has 1 aromatic rings. The first-order valence-electron chi connectivity index (χ1n) is 5.83. The molecule has 1 aromatic carbocycles. The minimum absolute atomic E-state index is 0.175. The van der Waals surface area contributed by atoms with Gasteiger partial charge in [-0.2, -0.15) is 4.31 Å². The summed E-state index contributed by atoms with van der Waals surface area (Å²) in [5.41, 5.74) is 6.43. The average molecular weight is 254 g/mol. The number of nitrogens with zero attached hydrogens (tertiary/aromatic N) is 1. The van der Waals surface area contributed by atoms with Crippen LogP contribution in [0.4, 0.5) is 0 Å². The molecule has 4 nitrogen and oxygen atoms in total. The second-order valence-corrected chi connectivity index (χ2v) is 6.45. The molecule has 17 heavy (non-hydrogen) atoms. The number of rotatable bonds is 4. The highest BCUT2D eigenvalue weighted by Gasteiger charge is 2.31. The van der Waals surface area contributed by atoms with Crippen molar-refractivity contribution in [3.05, 3.63) is 29.8 Å². The highest BCUT2D eigenvalue weighted by molar-refractivity contribution is 7.89. The Hall–Kier alpha value is -0.910. The van der Waals surface area contributed by atoms with E-state index in [1.807, 2.05) is 0 Å². The van der Waals surface area contributed by atoms with E-state index in [-0.39, 0.29) is 6.04 Å². The molecule has 0 amide bonds. The summed E-state index contributed by atoms with van der Waals surface area (Å²) in [5, 5.41) is 0. The van der Waals surface area contributed by atoms with E-state index in [0.717, 1.165) is 24.8 Å². The Kier molecular flexibility index (Phi) is 3.51. The van der Waals surface area contributed by atoms with E-state index < -0.39 is 10.0 Å². The van der Waals surface area contributed by atoms with Crippen LogP contribution in [-0.2, 0) is 16.6 Å². The SMILES string of the molecule is CN(C1CCC1)S(=O)(=O)c1ccc(CN)cc1. The monoisotopic (exact) mass is 254 g/mol. The lowest BCUT2D eigenvalue weighted by molar-refractivity contribution is 0.249. The van der Waals surface area contributed by atoms with Gasteiger partial charge in [0.05, 0.1) is 4.90 Å². The molecule has 0 unspecified atom stereocenters. The van der Waals surface area contributed by atoms with Crippen molar-refractivity contribution >= 4 is 10.0 Å². The van der Waals surface area contributed by atoms with Gasteiger partial charge in [0.2, 0.25) is 10.0 Å². The van der Waals surface area contributed by atoms with Crippen molar-refractivity contribution in [1.29, 1.82) is 0 Å². The first-order chi connectivity index (χ1) is 8.05. The van der Waals surface area contributed by atoms with Crippen LogP contribution in [0, 0.1) is 0 Å². The molecule has 1 fully saturated rings. The van der Waals surface area contributed by atoms with Gasteiger partial charge in [0.25, 0.3) is 0 Å². The van der Waals surface area contributed by atoms with Crippen molar-refractivity contribution in [3.63, 3.8) is 0 Å². The normalized spacial score (nSPS) is 17.1. The molecular formula is C12H18N2O2S. The standard InChI is InChI=1S/C12H18N2O2S/c1-14(11-3-2-4-11)17(15,16)12-7-5-10(9-13)6-8-12/h5-8,11H,2-4,9,13H2,1H3. The Morgan fingerprint density at radius 3 is 2.29 bits per heavy atom. The van der Waals surface area contributed by atoms with E-state index in [1.54, 1.807) is 31.3 Å². The predicted octanol–water partition coefficient (Wildman–Crippen LogP) is 1.32. The van der Waals surface area contributed by atoms with Crippen LogP contribution >= 0.6 is 0 Å². The van der Waals surface area contributed by atoms with Gasteiger partial charge in [0, 0.05) is 19.6 Å². The van der Waals surface area contributed by atoms with Crippen molar-refractivity contribution in [2.75, 3.05) is 7.05 Å². The molecular weight excluding hydrogens is 236 g/mol. The van der Waals surface area contributed by atoms with Gasteiger partial charge in [-0.3, -0.25) is 0 Å². The predicted molar refractivity (Wildman–Crippen MR) is 66.9 cm³/mol. The topological polar surface area (TPSA) is 63.4 Å². The first kappa shape index (κ1) is 12.5. The van der Waals surface area contributed by atoms with E-state index in [9.17, 15) is 8.42 Å². The summed E-state index contributed by atoms with van der Waals surface area (Å²) >= 11 is 0. The highest BCUT2D eigenvalue weighted by Crippen LogP contribution is 2.28. The Balaban J connectivity index is 2.23. The van der Waals surface area contributed by atoms with Gasteiger partial charge in [0.15, 0.2) is 0 Å². The Labute approximate surface area is 102 Å². The molecule has 0 aliphatic heterocycles. The summed E-state index contributed by atoms with van der Waals surface area (Å²) < 4.78 is 26.0. The number of hydrogen-bond donors (Lipinski definition) is 1. The zero-order valence-corrected chi connectivity index (χ0v) is 10.8. The molecule has 94 valence electrons. The third-order valence-electron chi connectivity index (χ3n) is 3.42. The van der Waals surface area contributed by atoms with Gasteiger partial charge in [-0.15, -0.1) is 0 Å². The van der Waals surface area contributed by atoms with E-state index in [1.165, 1.54) is 4.31 Å². The average Bonchev–Trinajstić information content (AvgIpc) is 2.27. The van der Waals surface area contributed by atoms with E-state index >= 15 is 0 Å². The fraction of sp³-hybridized carbons (Fsp3) is 0.500. The van der Waals surface area contributed by atoms with Crippen LogP contribution in [0.5, 0.6) is 0 Å². The second-order valence-electron chi connectivity index (χ2n) is 4.45. The molecule has 0 atom stereocenters. The summed E-state index contributed by atoms with van der Waals surface area (Å²) in [7, 11) is -1.67. The quantitative estimate of drug-likeness (QED) is 0.881. The van der Waals surface area contributed by atoms with Gasteiger partial charge >= 0.3 is 0 Å². The molecule has 1 aliphatic rings. The minimum atomic E-state index is -3.33. The number of benzene rings is 1. The van der Waals surface area contributed by atoms with Crippen LogP contribution in [0.3, 0.4) is 0 Å². The molecule has 2 N–H and O–H groups in total. The molecule has 0 heterocycles. The molecule has 0 aromatic heterocycles. The lowest BCUT2D eigenvalue weighted by atomic mass is 9.94. The van der Waals surface area contributed by atoms with Crippen LogP contribution < -0.4 is 5.73 Å². The Morgan fingerprint density at radius 2 is 1.88 bits per heavy atom. The van der Waals surface area contributed by atoms with Crippen LogP contribution in [0.25, 0.3) is 0 Å². The summed E-state index contributed by atoms with van der Waals surface area (Å²) in [4.78, 5) is 0.351. The van der Waals surface area contributed by atoms with Crippen molar-refractivity contribution in [3.8, 4) is 0 Å².